The number of carbonyl (C=O) groups excluding carboxylic acids is 1. The van der Waals surface area contributed by atoms with Crippen LogP contribution in [0.25, 0.3) is 6.08 Å². The number of benzene rings is 3. The number of rotatable bonds is 6. The zero-order chi connectivity index (χ0) is 18.4. The van der Waals surface area contributed by atoms with E-state index in [0.717, 1.165) is 0 Å². The third-order valence-corrected chi connectivity index (χ3v) is 5.58. The molecule has 0 unspecified atom stereocenters. The first kappa shape index (κ1) is 17.8. The standard InChI is InChI=1S/C22H18O3S/c23-22(20-14-8-3-9-15-20)21(16-18-10-4-1-5-11-18)26(24,25)17-19-12-6-2-7-13-19/h1-16H,17H2. The van der Waals surface area contributed by atoms with Crippen molar-refractivity contribution in [3.05, 3.63) is 113 Å². The van der Waals surface area contributed by atoms with Crippen molar-refractivity contribution in [2.45, 2.75) is 5.75 Å². The van der Waals surface area contributed by atoms with E-state index in [1.165, 1.54) is 6.08 Å². The molecule has 0 aliphatic rings. The van der Waals surface area contributed by atoms with Crippen LogP contribution in [0.3, 0.4) is 0 Å². The van der Waals surface area contributed by atoms with Crippen LogP contribution in [-0.2, 0) is 15.6 Å². The predicted molar refractivity (Wildman–Crippen MR) is 104 cm³/mol. The molecule has 0 aliphatic carbocycles. The Kier molecular flexibility index (Phi) is 5.44. The first-order valence-electron chi connectivity index (χ1n) is 8.19. The maximum Gasteiger partial charge on any atom is 0.204 e. The molecule has 0 saturated heterocycles. The van der Waals surface area contributed by atoms with Crippen molar-refractivity contribution >= 4 is 21.7 Å². The Labute approximate surface area is 153 Å². The van der Waals surface area contributed by atoms with Gasteiger partial charge in [-0.25, -0.2) is 8.42 Å². The number of ketones is 1. The summed E-state index contributed by atoms with van der Waals surface area (Å²) in [6, 6.07) is 26.3. The fourth-order valence-electron chi connectivity index (χ4n) is 2.60. The normalized spacial score (nSPS) is 11.9. The van der Waals surface area contributed by atoms with E-state index in [1.807, 2.05) is 12.1 Å². The molecule has 0 fully saturated rings. The summed E-state index contributed by atoms with van der Waals surface area (Å²) in [6.07, 6.45) is 1.45. The number of carbonyl (C=O) groups is 1. The Morgan fingerprint density at radius 2 is 1.23 bits per heavy atom. The van der Waals surface area contributed by atoms with Gasteiger partial charge >= 0.3 is 0 Å². The highest BCUT2D eigenvalue weighted by Crippen LogP contribution is 2.22. The van der Waals surface area contributed by atoms with E-state index in [-0.39, 0.29) is 10.7 Å². The monoisotopic (exact) mass is 362 g/mol. The fraction of sp³-hybridized carbons (Fsp3) is 0.0455. The highest BCUT2D eigenvalue weighted by atomic mass is 32.2. The second-order valence-corrected chi connectivity index (χ2v) is 7.82. The van der Waals surface area contributed by atoms with Crippen LogP contribution >= 0.6 is 0 Å². The van der Waals surface area contributed by atoms with Crippen LogP contribution < -0.4 is 0 Å². The van der Waals surface area contributed by atoms with Crippen molar-refractivity contribution in [2.24, 2.45) is 0 Å². The van der Waals surface area contributed by atoms with Crippen LogP contribution in [0.5, 0.6) is 0 Å². The van der Waals surface area contributed by atoms with Gasteiger partial charge in [0.15, 0.2) is 9.84 Å². The summed E-state index contributed by atoms with van der Waals surface area (Å²) in [5.41, 5.74) is 1.67. The van der Waals surface area contributed by atoms with Gasteiger partial charge in [0.2, 0.25) is 5.78 Å². The van der Waals surface area contributed by atoms with Crippen molar-refractivity contribution in [1.82, 2.24) is 0 Å². The minimum absolute atomic E-state index is 0.196. The number of hydrogen-bond donors (Lipinski definition) is 0. The molecule has 0 spiro atoms. The Hall–Kier alpha value is -2.98. The van der Waals surface area contributed by atoms with Crippen molar-refractivity contribution in [2.75, 3.05) is 0 Å². The molecule has 0 aliphatic heterocycles. The van der Waals surface area contributed by atoms with Crippen LogP contribution in [0, 0.1) is 0 Å². The number of sulfone groups is 1. The maximum atomic E-state index is 13.0. The van der Waals surface area contributed by atoms with Crippen LogP contribution in [0.1, 0.15) is 21.5 Å². The van der Waals surface area contributed by atoms with Crippen molar-refractivity contribution in [3.8, 4) is 0 Å². The molecule has 4 heteroatoms. The van der Waals surface area contributed by atoms with Gasteiger partial charge < -0.3 is 0 Å². The van der Waals surface area contributed by atoms with Crippen molar-refractivity contribution in [3.63, 3.8) is 0 Å². The van der Waals surface area contributed by atoms with E-state index >= 15 is 0 Å². The number of hydrogen-bond acceptors (Lipinski definition) is 3. The number of allylic oxidation sites excluding steroid dienone is 1. The van der Waals surface area contributed by atoms with E-state index in [1.54, 1.807) is 78.9 Å². The quantitative estimate of drug-likeness (QED) is 0.478. The average Bonchev–Trinajstić information content (AvgIpc) is 2.67. The summed E-state index contributed by atoms with van der Waals surface area (Å²) in [7, 11) is -3.81. The zero-order valence-corrected chi connectivity index (χ0v) is 14.9. The molecule has 0 saturated carbocycles. The minimum Gasteiger partial charge on any atom is -0.288 e. The summed E-state index contributed by atoms with van der Waals surface area (Å²) in [6.45, 7) is 0. The first-order valence-corrected chi connectivity index (χ1v) is 9.85. The molecular formula is C22H18O3S. The van der Waals surface area contributed by atoms with Gasteiger partial charge in [0, 0.05) is 5.56 Å². The molecule has 3 rings (SSSR count). The van der Waals surface area contributed by atoms with Gasteiger partial charge in [0.05, 0.1) is 5.75 Å². The molecule has 0 radical (unpaired) electrons. The fourth-order valence-corrected chi connectivity index (χ4v) is 4.10. The van der Waals surface area contributed by atoms with Gasteiger partial charge in [0.25, 0.3) is 0 Å². The summed E-state index contributed by atoms with van der Waals surface area (Å²) in [5.74, 6) is -0.712. The Morgan fingerprint density at radius 1 is 0.731 bits per heavy atom. The lowest BCUT2D eigenvalue weighted by atomic mass is 10.1. The SMILES string of the molecule is O=C(C(=Cc1ccccc1)S(=O)(=O)Cc1ccccc1)c1ccccc1. The Balaban J connectivity index is 2.06. The molecule has 0 heterocycles. The zero-order valence-electron chi connectivity index (χ0n) is 14.1. The summed E-state index contributed by atoms with van der Waals surface area (Å²) in [4.78, 5) is 12.7. The Bertz CT molecular complexity index is 1010. The van der Waals surface area contributed by atoms with E-state index in [4.69, 9.17) is 0 Å². The van der Waals surface area contributed by atoms with Gasteiger partial charge in [-0.15, -0.1) is 0 Å². The lowest BCUT2D eigenvalue weighted by Crippen LogP contribution is -2.16. The molecule has 0 N–H and O–H groups in total. The highest BCUT2D eigenvalue weighted by Gasteiger charge is 2.26. The lowest BCUT2D eigenvalue weighted by molar-refractivity contribution is 0.104. The van der Waals surface area contributed by atoms with Crippen LogP contribution in [-0.4, -0.2) is 14.2 Å². The van der Waals surface area contributed by atoms with Crippen LogP contribution in [0.15, 0.2) is 95.9 Å². The molecule has 26 heavy (non-hydrogen) atoms. The van der Waals surface area contributed by atoms with Gasteiger partial charge in [-0.2, -0.15) is 0 Å². The summed E-state index contributed by atoms with van der Waals surface area (Å²) in [5, 5.41) is 0. The van der Waals surface area contributed by atoms with E-state index < -0.39 is 15.6 Å². The molecule has 3 aromatic carbocycles. The lowest BCUT2D eigenvalue weighted by Gasteiger charge is -2.09. The molecule has 0 atom stereocenters. The van der Waals surface area contributed by atoms with Crippen LogP contribution in [0.2, 0.25) is 0 Å². The Morgan fingerprint density at radius 3 is 1.81 bits per heavy atom. The number of Topliss-reactive ketones (excluding diaryl/α,β-unsaturated/α-hetero) is 1. The second-order valence-electron chi connectivity index (χ2n) is 5.86. The smallest absolute Gasteiger partial charge is 0.204 e. The van der Waals surface area contributed by atoms with Gasteiger partial charge in [-0.1, -0.05) is 91.0 Å². The third kappa shape index (κ3) is 4.35. The van der Waals surface area contributed by atoms with Gasteiger partial charge in [0.1, 0.15) is 4.91 Å². The molecule has 3 nitrogen and oxygen atoms in total. The molecule has 0 aromatic heterocycles. The van der Waals surface area contributed by atoms with Crippen molar-refractivity contribution in [1.29, 1.82) is 0 Å². The van der Waals surface area contributed by atoms with E-state index in [9.17, 15) is 13.2 Å². The molecule has 0 bridgehead atoms. The summed E-state index contributed by atoms with van der Waals surface area (Å²) < 4.78 is 26.1. The molecule has 3 aromatic rings. The predicted octanol–water partition coefficient (Wildman–Crippen LogP) is 4.53. The first-order chi connectivity index (χ1) is 12.6. The van der Waals surface area contributed by atoms with Gasteiger partial charge in [-0.3, -0.25) is 4.79 Å². The molecule has 130 valence electrons. The highest BCUT2D eigenvalue weighted by molar-refractivity contribution is 7.95. The minimum atomic E-state index is -3.81. The third-order valence-electron chi connectivity index (χ3n) is 3.89. The van der Waals surface area contributed by atoms with E-state index in [2.05, 4.69) is 0 Å². The largest absolute Gasteiger partial charge is 0.288 e. The van der Waals surface area contributed by atoms with Crippen LogP contribution in [0.4, 0.5) is 0 Å². The maximum absolute atomic E-state index is 13.0. The molecule has 0 amide bonds. The average molecular weight is 362 g/mol. The summed E-state index contributed by atoms with van der Waals surface area (Å²) >= 11 is 0. The topological polar surface area (TPSA) is 51.2 Å². The second kappa shape index (κ2) is 7.93. The van der Waals surface area contributed by atoms with E-state index in [0.29, 0.717) is 16.7 Å². The molecular weight excluding hydrogens is 344 g/mol. The van der Waals surface area contributed by atoms with Crippen molar-refractivity contribution < 1.29 is 13.2 Å². The van der Waals surface area contributed by atoms with Gasteiger partial charge in [-0.05, 0) is 17.2 Å².